The zero-order valence-corrected chi connectivity index (χ0v) is 21.2. The second-order valence-electron chi connectivity index (χ2n) is 10.3. The lowest BCUT2D eigenvalue weighted by atomic mass is 9.86. The molecule has 3 aliphatic rings. The molecule has 4 nitrogen and oxygen atoms in total. The van der Waals surface area contributed by atoms with Crippen molar-refractivity contribution in [1.29, 1.82) is 0 Å². The second-order valence-corrected chi connectivity index (χ2v) is 10.7. The molecule has 1 saturated carbocycles. The molecular formula is C28H33ClF3N3O. The van der Waals surface area contributed by atoms with Gasteiger partial charge in [0.2, 0.25) is 5.91 Å². The Labute approximate surface area is 216 Å². The summed E-state index contributed by atoms with van der Waals surface area (Å²) < 4.78 is 40.0. The first-order valence-electron chi connectivity index (χ1n) is 13.1. The lowest BCUT2D eigenvalue weighted by molar-refractivity contribution is -0.137. The number of nitrogens with zero attached hydrogens (tertiary/aromatic N) is 3. The van der Waals surface area contributed by atoms with Crippen molar-refractivity contribution in [2.24, 2.45) is 5.92 Å². The standard InChI is InChI=1S/C28H33ClF3N3O/c29-25-13-12-22(18-24(25)28(30,31)32)34-16-14-33(15-17-34)19-23-11-10-20-6-4-5-9-26(20)35(23)27(36)21-7-2-1-3-8-21/h4-6,9,12-13,18,21,23H,1-3,7-8,10-11,14-17,19H2. The molecule has 2 fully saturated rings. The van der Waals surface area contributed by atoms with E-state index in [4.69, 9.17) is 11.6 Å². The Kier molecular flexibility index (Phi) is 7.49. The molecule has 1 aliphatic carbocycles. The fraction of sp³-hybridized carbons (Fsp3) is 0.536. The highest BCUT2D eigenvalue weighted by Gasteiger charge is 2.37. The lowest BCUT2D eigenvalue weighted by Crippen LogP contribution is -2.55. The number of carbonyl (C=O) groups is 1. The first-order valence-corrected chi connectivity index (χ1v) is 13.4. The molecule has 36 heavy (non-hydrogen) atoms. The van der Waals surface area contributed by atoms with E-state index in [0.717, 1.165) is 69.9 Å². The van der Waals surface area contributed by atoms with Crippen LogP contribution >= 0.6 is 11.6 Å². The molecule has 0 spiro atoms. The van der Waals surface area contributed by atoms with Gasteiger partial charge in [0.25, 0.3) is 0 Å². The molecule has 2 aromatic carbocycles. The van der Waals surface area contributed by atoms with Crippen LogP contribution in [0.4, 0.5) is 24.5 Å². The molecule has 194 valence electrons. The Morgan fingerprint density at radius 3 is 2.39 bits per heavy atom. The maximum atomic E-state index is 13.7. The number of amides is 1. The van der Waals surface area contributed by atoms with Gasteiger partial charge in [0.05, 0.1) is 10.6 Å². The quantitative estimate of drug-likeness (QED) is 0.467. The third-order valence-electron chi connectivity index (χ3n) is 8.02. The van der Waals surface area contributed by atoms with Crippen molar-refractivity contribution in [3.63, 3.8) is 0 Å². The van der Waals surface area contributed by atoms with E-state index < -0.39 is 11.7 Å². The van der Waals surface area contributed by atoms with E-state index in [1.54, 1.807) is 6.07 Å². The Balaban J connectivity index is 1.27. The number of halogens is 4. The number of rotatable bonds is 4. The Morgan fingerprint density at radius 2 is 1.67 bits per heavy atom. The summed E-state index contributed by atoms with van der Waals surface area (Å²) in [5.74, 6) is 0.378. The van der Waals surface area contributed by atoms with E-state index in [-0.39, 0.29) is 22.9 Å². The highest BCUT2D eigenvalue weighted by atomic mass is 35.5. The number of hydrogen-bond donors (Lipinski definition) is 0. The zero-order chi connectivity index (χ0) is 25.3. The fourth-order valence-corrected chi connectivity index (χ4v) is 6.26. The van der Waals surface area contributed by atoms with Crippen LogP contribution in [-0.4, -0.2) is 49.6 Å². The summed E-state index contributed by atoms with van der Waals surface area (Å²) in [5.41, 5.74) is 2.06. The molecule has 2 heterocycles. The molecule has 0 bridgehead atoms. The van der Waals surface area contributed by atoms with Crippen LogP contribution < -0.4 is 9.80 Å². The van der Waals surface area contributed by atoms with Gasteiger partial charge in [-0.1, -0.05) is 49.1 Å². The van der Waals surface area contributed by atoms with Crippen LogP contribution in [0, 0.1) is 5.92 Å². The highest BCUT2D eigenvalue weighted by molar-refractivity contribution is 6.31. The summed E-state index contributed by atoms with van der Waals surface area (Å²) in [4.78, 5) is 20.2. The molecule has 5 rings (SSSR count). The number of alkyl halides is 3. The van der Waals surface area contributed by atoms with Crippen molar-refractivity contribution in [1.82, 2.24) is 4.90 Å². The summed E-state index contributed by atoms with van der Waals surface area (Å²) in [6, 6.07) is 12.5. The zero-order valence-electron chi connectivity index (χ0n) is 20.4. The third kappa shape index (κ3) is 5.37. The Hall–Kier alpha value is -2.25. The van der Waals surface area contributed by atoms with Gasteiger partial charge in [-0.05, 0) is 55.5 Å². The van der Waals surface area contributed by atoms with Crippen molar-refractivity contribution >= 4 is 28.9 Å². The molecular weight excluding hydrogens is 487 g/mol. The normalized spacial score (nSPS) is 21.9. The predicted molar refractivity (Wildman–Crippen MR) is 138 cm³/mol. The summed E-state index contributed by atoms with van der Waals surface area (Å²) in [7, 11) is 0. The monoisotopic (exact) mass is 519 g/mol. The summed E-state index contributed by atoms with van der Waals surface area (Å²) in [5, 5.41) is -0.273. The van der Waals surface area contributed by atoms with Crippen LogP contribution in [0.15, 0.2) is 42.5 Å². The van der Waals surface area contributed by atoms with Gasteiger partial charge in [-0.2, -0.15) is 13.2 Å². The maximum absolute atomic E-state index is 13.7. The van der Waals surface area contributed by atoms with Crippen molar-refractivity contribution in [2.75, 3.05) is 42.5 Å². The minimum atomic E-state index is -4.47. The number of carbonyl (C=O) groups excluding carboxylic acids is 1. The van der Waals surface area contributed by atoms with E-state index >= 15 is 0 Å². The molecule has 2 aliphatic heterocycles. The van der Waals surface area contributed by atoms with Crippen molar-refractivity contribution in [3.05, 3.63) is 58.6 Å². The summed E-state index contributed by atoms with van der Waals surface area (Å²) >= 11 is 5.80. The largest absolute Gasteiger partial charge is 0.417 e. The van der Waals surface area contributed by atoms with Gasteiger partial charge in [-0.15, -0.1) is 0 Å². The van der Waals surface area contributed by atoms with Crippen LogP contribution in [0.2, 0.25) is 5.02 Å². The van der Waals surface area contributed by atoms with E-state index in [1.807, 2.05) is 17.0 Å². The number of hydrogen-bond acceptors (Lipinski definition) is 3. The Bertz CT molecular complexity index is 1080. The third-order valence-corrected chi connectivity index (χ3v) is 8.35. The van der Waals surface area contributed by atoms with E-state index in [1.165, 1.54) is 18.1 Å². The summed E-state index contributed by atoms with van der Waals surface area (Å²) in [6.45, 7) is 3.55. The molecule has 0 aromatic heterocycles. The minimum absolute atomic E-state index is 0.108. The topological polar surface area (TPSA) is 26.8 Å². The first-order chi connectivity index (χ1) is 17.3. The van der Waals surface area contributed by atoms with Gasteiger partial charge in [-0.25, -0.2) is 0 Å². The van der Waals surface area contributed by atoms with Gasteiger partial charge in [-0.3, -0.25) is 9.69 Å². The molecule has 1 saturated heterocycles. The molecule has 1 atom stereocenters. The van der Waals surface area contributed by atoms with Crippen molar-refractivity contribution in [3.8, 4) is 0 Å². The molecule has 0 N–H and O–H groups in total. The molecule has 8 heteroatoms. The molecule has 1 unspecified atom stereocenters. The number of benzene rings is 2. The van der Waals surface area contributed by atoms with Crippen molar-refractivity contribution in [2.45, 2.75) is 57.2 Å². The molecule has 1 amide bonds. The van der Waals surface area contributed by atoms with Gasteiger partial charge in [0.15, 0.2) is 0 Å². The number of anilines is 2. The number of para-hydroxylation sites is 1. The van der Waals surface area contributed by atoms with Gasteiger partial charge < -0.3 is 9.80 Å². The van der Waals surface area contributed by atoms with Crippen LogP contribution in [0.25, 0.3) is 0 Å². The Morgan fingerprint density at radius 1 is 0.944 bits per heavy atom. The predicted octanol–water partition coefficient (Wildman–Crippen LogP) is 6.41. The number of fused-ring (bicyclic) bond motifs is 1. The maximum Gasteiger partial charge on any atom is 0.417 e. The minimum Gasteiger partial charge on any atom is -0.369 e. The summed E-state index contributed by atoms with van der Waals surface area (Å²) in [6.07, 6.45) is 2.83. The first kappa shape index (κ1) is 25.4. The van der Waals surface area contributed by atoms with E-state index in [0.29, 0.717) is 18.8 Å². The number of aryl methyl sites for hydroxylation is 1. The lowest BCUT2D eigenvalue weighted by Gasteiger charge is -2.43. The van der Waals surface area contributed by atoms with Crippen molar-refractivity contribution < 1.29 is 18.0 Å². The second kappa shape index (κ2) is 10.6. The highest BCUT2D eigenvalue weighted by Crippen LogP contribution is 2.38. The SMILES string of the molecule is O=C(C1CCCCC1)N1c2ccccc2CCC1CN1CCN(c2ccc(Cl)c(C(F)(F)F)c2)CC1. The van der Waals surface area contributed by atoms with Gasteiger partial charge in [0, 0.05) is 56.1 Å². The van der Waals surface area contributed by atoms with Crippen LogP contribution in [0.3, 0.4) is 0 Å². The van der Waals surface area contributed by atoms with Gasteiger partial charge in [0.1, 0.15) is 0 Å². The van der Waals surface area contributed by atoms with Crippen LogP contribution in [0.5, 0.6) is 0 Å². The van der Waals surface area contributed by atoms with Crippen LogP contribution in [0.1, 0.15) is 49.7 Å². The van der Waals surface area contributed by atoms with Gasteiger partial charge >= 0.3 is 6.18 Å². The van der Waals surface area contributed by atoms with Crippen LogP contribution in [-0.2, 0) is 17.4 Å². The van der Waals surface area contributed by atoms with E-state index in [2.05, 4.69) is 21.9 Å². The fourth-order valence-electron chi connectivity index (χ4n) is 6.04. The average molecular weight is 520 g/mol. The smallest absolute Gasteiger partial charge is 0.369 e. The number of piperazine rings is 1. The molecule has 2 aromatic rings. The van der Waals surface area contributed by atoms with E-state index in [9.17, 15) is 18.0 Å². The molecule has 0 radical (unpaired) electrons. The average Bonchev–Trinajstić information content (AvgIpc) is 2.89.